The molecule has 0 radical (unpaired) electrons. The van der Waals surface area contributed by atoms with Gasteiger partial charge < -0.3 is 0 Å². The molecule has 0 aromatic heterocycles. The third-order valence-electron chi connectivity index (χ3n) is 1.62. The van der Waals surface area contributed by atoms with Crippen molar-refractivity contribution in [3.8, 4) is 0 Å². The van der Waals surface area contributed by atoms with Gasteiger partial charge in [0.2, 0.25) is 0 Å². The summed E-state index contributed by atoms with van der Waals surface area (Å²) in [7, 11) is 0. The van der Waals surface area contributed by atoms with E-state index in [9.17, 15) is 0 Å². The van der Waals surface area contributed by atoms with Crippen LogP contribution < -0.4 is 5.46 Å². The van der Waals surface area contributed by atoms with E-state index >= 15 is 0 Å². The Labute approximate surface area is 62.8 Å². The Morgan fingerprint density at radius 3 is 2.30 bits per heavy atom. The molecule has 1 aromatic carbocycles. The quantitative estimate of drug-likeness (QED) is 0.524. The number of hydrogen-bond acceptors (Lipinski definition) is 0. The van der Waals surface area contributed by atoms with Crippen LogP contribution in [-0.4, -0.2) is 13.4 Å². The standard InChI is InChI=1S/C9H11B/c1-3-8-4-6-9(10-2)7-5-8/h4-7H,2-3H2,1H3. The zero-order valence-electron chi connectivity index (χ0n) is 6.30. The number of rotatable bonds is 2. The van der Waals surface area contributed by atoms with Gasteiger partial charge in [-0.25, -0.2) is 0 Å². The Hall–Kier alpha value is -0.845. The van der Waals surface area contributed by atoms with Crippen molar-refractivity contribution < 1.29 is 0 Å². The molecule has 0 saturated carbocycles. The molecule has 0 N–H and O–H groups in total. The molecule has 0 saturated heterocycles. The summed E-state index contributed by atoms with van der Waals surface area (Å²) < 4.78 is 0. The molecule has 0 spiro atoms. The first-order chi connectivity index (χ1) is 4.86. The van der Waals surface area contributed by atoms with Crippen molar-refractivity contribution in [3.63, 3.8) is 0 Å². The van der Waals surface area contributed by atoms with Gasteiger partial charge in [0.05, 0.1) is 0 Å². The van der Waals surface area contributed by atoms with Crippen LogP contribution >= 0.6 is 0 Å². The van der Waals surface area contributed by atoms with Crippen LogP contribution in [0.3, 0.4) is 0 Å². The zero-order valence-corrected chi connectivity index (χ0v) is 6.30. The van der Waals surface area contributed by atoms with Crippen LogP contribution in [0.2, 0.25) is 0 Å². The minimum atomic E-state index is 1.11. The SMILES string of the molecule is C=Bc1ccc(CC)cc1. The third kappa shape index (κ3) is 1.57. The zero-order chi connectivity index (χ0) is 7.40. The van der Waals surface area contributed by atoms with Crippen LogP contribution in [0.5, 0.6) is 0 Å². The number of aryl methyl sites for hydroxylation is 1. The van der Waals surface area contributed by atoms with Crippen molar-refractivity contribution >= 4 is 18.9 Å². The predicted molar refractivity (Wildman–Crippen MR) is 48.3 cm³/mol. The summed E-state index contributed by atoms with van der Waals surface area (Å²) in [5.74, 6) is 0. The van der Waals surface area contributed by atoms with Crippen LogP contribution in [0, 0.1) is 0 Å². The third-order valence-corrected chi connectivity index (χ3v) is 1.62. The first-order valence-corrected chi connectivity index (χ1v) is 3.58. The average molecular weight is 130 g/mol. The molecule has 0 nitrogen and oxygen atoms in total. The van der Waals surface area contributed by atoms with E-state index in [1.807, 2.05) is 6.92 Å². The fraction of sp³-hybridized carbons (Fsp3) is 0.222. The van der Waals surface area contributed by atoms with E-state index in [2.05, 4.69) is 37.7 Å². The van der Waals surface area contributed by atoms with Crippen LogP contribution in [0.25, 0.3) is 0 Å². The summed E-state index contributed by atoms with van der Waals surface area (Å²) >= 11 is 0. The van der Waals surface area contributed by atoms with E-state index in [4.69, 9.17) is 0 Å². The van der Waals surface area contributed by atoms with Crippen molar-refractivity contribution in [3.05, 3.63) is 29.8 Å². The first-order valence-electron chi connectivity index (χ1n) is 3.58. The maximum atomic E-state index is 3.69. The summed E-state index contributed by atoms with van der Waals surface area (Å²) in [6.45, 7) is 7.70. The molecule has 0 heterocycles. The molecule has 50 valence electrons. The molecule has 0 unspecified atom stereocenters. The molecule has 1 rings (SSSR count). The second kappa shape index (κ2) is 3.36. The molecule has 10 heavy (non-hydrogen) atoms. The first kappa shape index (κ1) is 7.26. The summed E-state index contributed by atoms with van der Waals surface area (Å²) in [6.07, 6.45) is 1.11. The van der Waals surface area contributed by atoms with Crippen molar-refractivity contribution in [2.75, 3.05) is 0 Å². The fourth-order valence-corrected chi connectivity index (χ4v) is 0.889. The van der Waals surface area contributed by atoms with Gasteiger partial charge in [-0.1, -0.05) is 0 Å². The summed E-state index contributed by atoms with van der Waals surface area (Å²) in [5.41, 5.74) is 2.57. The van der Waals surface area contributed by atoms with Crippen molar-refractivity contribution in [1.29, 1.82) is 0 Å². The van der Waals surface area contributed by atoms with E-state index in [0.29, 0.717) is 0 Å². The van der Waals surface area contributed by atoms with Gasteiger partial charge in [0.1, 0.15) is 0 Å². The molecule has 1 heteroatoms. The van der Waals surface area contributed by atoms with Gasteiger partial charge in [0, 0.05) is 0 Å². The predicted octanol–water partition coefficient (Wildman–Crippen LogP) is 1.01. The Kier molecular flexibility index (Phi) is 2.44. The number of hydrogen-bond donors (Lipinski definition) is 0. The van der Waals surface area contributed by atoms with Crippen LogP contribution in [0.15, 0.2) is 24.3 Å². The van der Waals surface area contributed by atoms with Crippen molar-refractivity contribution in [1.82, 2.24) is 0 Å². The molecule has 0 bridgehead atoms. The average Bonchev–Trinajstić information content (AvgIpc) is 2.05. The van der Waals surface area contributed by atoms with E-state index < -0.39 is 0 Å². The molecule has 0 fully saturated rings. The normalized spacial score (nSPS) is 8.90. The van der Waals surface area contributed by atoms with Crippen molar-refractivity contribution in [2.24, 2.45) is 0 Å². The number of benzene rings is 1. The maximum absolute atomic E-state index is 3.69. The molecule has 0 aliphatic heterocycles. The fourth-order valence-electron chi connectivity index (χ4n) is 0.889. The van der Waals surface area contributed by atoms with Gasteiger partial charge in [-0.05, 0) is 0 Å². The summed E-state index contributed by atoms with van der Waals surface area (Å²) in [4.78, 5) is 0. The monoisotopic (exact) mass is 130 g/mol. The Morgan fingerprint density at radius 2 is 1.90 bits per heavy atom. The molecule has 0 aliphatic carbocycles. The molecule has 1 aromatic rings. The molecular formula is C9H11B. The molecular weight excluding hydrogens is 119 g/mol. The van der Waals surface area contributed by atoms with Crippen molar-refractivity contribution in [2.45, 2.75) is 13.3 Å². The summed E-state index contributed by atoms with van der Waals surface area (Å²) in [5, 5.41) is 0. The van der Waals surface area contributed by atoms with Gasteiger partial charge in [-0.2, -0.15) is 0 Å². The van der Waals surface area contributed by atoms with E-state index in [1.165, 1.54) is 11.0 Å². The molecule has 0 aliphatic rings. The van der Waals surface area contributed by atoms with Crippen LogP contribution in [-0.2, 0) is 6.42 Å². The van der Waals surface area contributed by atoms with E-state index in [1.54, 1.807) is 0 Å². The second-order valence-electron chi connectivity index (χ2n) is 2.30. The van der Waals surface area contributed by atoms with Gasteiger partial charge >= 0.3 is 62.0 Å². The van der Waals surface area contributed by atoms with Gasteiger partial charge in [-0.15, -0.1) is 0 Å². The van der Waals surface area contributed by atoms with E-state index in [-0.39, 0.29) is 0 Å². The summed E-state index contributed by atoms with van der Waals surface area (Å²) in [6, 6.07) is 8.45. The van der Waals surface area contributed by atoms with Gasteiger partial charge in [0.15, 0.2) is 0 Å². The van der Waals surface area contributed by atoms with Gasteiger partial charge in [0.25, 0.3) is 0 Å². The molecule has 0 atom stereocenters. The molecule has 0 amide bonds. The second-order valence-corrected chi connectivity index (χ2v) is 2.30. The Balaban J connectivity index is 2.90. The van der Waals surface area contributed by atoms with E-state index in [0.717, 1.165) is 6.42 Å². The topological polar surface area (TPSA) is 0 Å². The van der Waals surface area contributed by atoms with Crippen LogP contribution in [0.1, 0.15) is 12.5 Å². The Morgan fingerprint density at radius 1 is 1.30 bits per heavy atom. The van der Waals surface area contributed by atoms with Crippen LogP contribution in [0.4, 0.5) is 0 Å². The van der Waals surface area contributed by atoms with Gasteiger partial charge in [-0.3, -0.25) is 0 Å². The minimum absolute atomic E-state index is 1.11. The Bertz CT molecular complexity index is 211.